The van der Waals surface area contributed by atoms with Crippen LogP contribution in [0.5, 0.6) is 0 Å². The monoisotopic (exact) mass is 166 g/mol. The molecule has 0 fully saturated rings. The van der Waals surface area contributed by atoms with Gasteiger partial charge in [0.05, 0.1) is 0 Å². The second kappa shape index (κ2) is 3.77. The van der Waals surface area contributed by atoms with Crippen LogP contribution in [-0.2, 0) is 0 Å². The average Bonchev–Trinajstić information content (AvgIpc) is 2.05. The topological polar surface area (TPSA) is 12.9 Å². The van der Waals surface area contributed by atoms with Crippen LogP contribution in [0.1, 0.15) is 24.7 Å². The fourth-order valence-electron chi connectivity index (χ4n) is 0.871. The normalized spacial score (nSPS) is 13.5. The van der Waals surface area contributed by atoms with Crippen molar-refractivity contribution in [2.75, 3.05) is 0 Å². The molecule has 1 unspecified atom stereocenters. The van der Waals surface area contributed by atoms with Gasteiger partial charge in [-0.15, -0.1) is 0 Å². The Morgan fingerprint density at radius 2 is 2.27 bits per heavy atom. The van der Waals surface area contributed by atoms with Gasteiger partial charge in [-0.2, -0.15) is 12.6 Å². The maximum atomic E-state index is 4.44. The summed E-state index contributed by atoms with van der Waals surface area (Å²) >= 11 is 4.44. The largest absolute Gasteiger partial charge is 0.264 e. The minimum atomic E-state index is 0.226. The summed E-state index contributed by atoms with van der Waals surface area (Å²) in [7, 11) is 0. The molecule has 2 heteroatoms. The predicted molar refractivity (Wildman–Crippen MR) is 50.6 cm³/mol. The van der Waals surface area contributed by atoms with Crippen LogP contribution in [0.4, 0.5) is 0 Å². The highest BCUT2D eigenvalue weighted by Gasteiger charge is 2.10. The second-order valence-corrected chi connectivity index (χ2v) is 3.28. The van der Waals surface area contributed by atoms with Crippen LogP contribution in [0.25, 0.3) is 0 Å². The van der Waals surface area contributed by atoms with Crippen LogP contribution < -0.4 is 0 Å². The molecule has 0 saturated carbocycles. The third kappa shape index (κ3) is 2.22. The molecule has 1 nitrogen and oxygen atoms in total. The van der Waals surface area contributed by atoms with Crippen molar-refractivity contribution in [3.05, 3.63) is 36.0 Å². The van der Waals surface area contributed by atoms with Gasteiger partial charge in [-0.05, 0) is 17.5 Å². The maximum absolute atomic E-state index is 4.44. The molecule has 0 saturated heterocycles. The highest BCUT2D eigenvalue weighted by Crippen LogP contribution is 2.28. The van der Waals surface area contributed by atoms with Gasteiger partial charge in [0.25, 0.3) is 0 Å². The Labute approximate surface area is 73.3 Å². The standard InChI is InChI=1S/C9H12NS/c1-7(2)9(11)8-4-3-5-10-6-8/h3-6,9,11H,1-2H3. The van der Waals surface area contributed by atoms with Crippen molar-refractivity contribution in [3.8, 4) is 0 Å². The quantitative estimate of drug-likeness (QED) is 0.666. The van der Waals surface area contributed by atoms with E-state index in [1.807, 2.05) is 18.3 Å². The molecule has 1 rings (SSSR count). The first kappa shape index (κ1) is 8.60. The Balaban J connectivity index is 2.77. The van der Waals surface area contributed by atoms with E-state index in [1.165, 1.54) is 5.92 Å². The molecule has 0 aliphatic rings. The van der Waals surface area contributed by atoms with E-state index < -0.39 is 0 Å². The molecule has 0 aliphatic heterocycles. The number of hydrogen-bond acceptors (Lipinski definition) is 2. The molecule has 0 N–H and O–H groups in total. The molecular formula is C9H12NS. The molecule has 0 bridgehead atoms. The van der Waals surface area contributed by atoms with Crippen molar-refractivity contribution in [2.24, 2.45) is 0 Å². The molecule has 0 aromatic carbocycles. The zero-order chi connectivity index (χ0) is 8.27. The Kier molecular flexibility index (Phi) is 2.94. The van der Waals surface area contributed by atoms with E-state index in [2.05, 4.69) is 31.5 Å². The third-order valence-electron chi connectivity index (χ3n) is 1.55. The molecule has 0 spiro atoms. The molecule has 1 aromatic heterocycles. The third-order valence-corrected chi connectivity index (χ3v) is 2.36. The second-order valence-electron chi connectivity index (χ2n) is 2.77. The van der Waals surface area contributed by atoms with Gasteiger partial charge in [-0.3, -0.25) is 4.98 Å². The van der Waals surface area contributed by atoms with Gasteiger partial charge >= 0.3 is 0 Å². The highest BCUT2D eigenvalue weighted by molar-refractivity contribution is 7.80. The van der Waals surface area contributed by atoms with Crippen LogP contribution in [0.3, 0.4) is 0 Å². The van der Waals surface area contributed by atoms with E-state index in [0.717, 1.165) is 5.56 Å². The van der Waals surface area contributed by atoms with Gasteiger partial charge in [0.1, 0.15) is 0 Å². The van der Waals surface area contributed by atoms with Crippen molar-refractivity contribution in [1.82, 2.24) is 4.98 Å². The first-order valence-corrected chi connectivity index (χ1v) is 4.11. The number of pyridine rings is 1. The summed E-state index contributed by atoms with van der Waals surface area (Å²) in [4.78, 5) is 4.03. The van der Waals surface area contributed by atoms with Gasteiger partial charge < -0.3 is 0 Å². The van der Waals surface area contributed by atoms with E-state index in [9.17, 15) is 0 Å². The van der Waals surface area contributed by atoms with E-state index in [-0.39, 0.29) is 5.25 Å². The molecule has 59 valence electrons. The maximum Gasteiger partial charge on any atom is 0.0338 e. The molecule has 1 atom stereocenters. The fourth-order valence-corrected chi connectivity index (χ4v) is 1.02. The van der Waals surface area contributed by atoms with E-state index in [1.54, 1.807) is 6.20 Å². The lowest BCUT2D eigenvalue weighted by atomic mass is 10.0. The lowest BCUT2D eigenvalue weighted by Crippen LogP contribution is -1.97. The first-order chi connectivity index (χ1) is 5.22. The number of nitrogens with zero attached hydrogens (tertiary/aromatic N) is 1. The molecule has 1 heterocycles. The van der Waals surface area contributed by atoms with Gasteiger partial charge in [0, 0.05) is 17.6 Å². The highest BCUT2D eigenvalue weighted by atomic mass is 32.1. The van der Waals surface area contributed by atoms with Crippen LogP contribution in [0.15, 0.2) is 24.5 Å². The van der Waals surface area contributed by atoms with E-state index in [0.29, 0.717) is 0 Å². The summed E-state index contributed by atoms with van der Waals surface area (Å²) in [5.41, 5.74) is 1.16. The van der Waals surface area contributed by atoms with Gasteiger partial charge in [0.15, 0.2) is 0 Å². The van der Waals surface area contributed by atoms with Crippen molar-refractivity contribution >= 4 is 12.6 Å². The van der Waals surface area contributed by atoms with Crippen molar-refractivity contribution in [2.45, 2.75) is 19.1 Å². The minimum Gasteiger partial charge on any atom is -0.264 e. The lowest BCUT2D eigenvalue weighted by Gasteiger charge is -2.13. The predicted octanol–water partition coefficient (Wildman–Crippen LogP) is 2.67. The number of thiol groups is 1. The Bertz CT molecular complexity index is 208. The zero-order valence-electron chi connectivity index (χ0n) is 6.78. The van der Waals surface area contributed by atoms with Crippen LogP contribution in [0, 0.1) is 5.92 Å². The summed E-state index contributed by atoms with van der Waals surface area (Å²) in [6.07, 6.45) is 3.62. The SMILES string of the molecule is C[C](C)C(S)c1cccnc1. The molecule has 1 aromatic rings. The molecule has 11 heavy (non-hydrogen) atoms. The summed E-state index contributed by atoms with van der Waals surface area (Å²) in [5, 5.41) is 0.226. The van der Waals surface area contributed by atoms with Gasteiger partial charge in [-0.25, -0.2) is 0 Å². The Morgan fingerprint density at radius 1 is 1.55 bits per heavy atom. The van der Waals surface area contributed by atoms with Gasteiger partial charge in [-0.1, -0.05) is 19.9 Å². The summed E-state index contributed by atoms with van der Waals surface area (Å²) in [6, 6.07) is 3.97. The average molecular weight is 166 g/mol. The number of aromatic nitrogens is 1. The first-order valence-electron chi connectivity index (χ1n) is 3.60. The van der Waals surface area contributed by atoms with Crippen LogP contribution in [0.2, 0.25) is 0 Å². The molecular weight excluding hydrogens is 154 g/mol. The number of hydrogen-bond donors (Lipinski definition) is 1. The summed E-state index contributed by atoms with van der Waals surface area (Å²) in [5.74, 6) is 1.29. The summed E-state index contributed by atoms with van der Waals surface area (Å²) < 4.78 is 0. The Morgan fingerprint density at radius 3 is 2.73 bits per heavy atom. The number of rotatable bonds is 2. The fraction of sp³-hybridized carbons (Fsp3) is 0.333. The van der Waals surface area contributed by atoms with E-state index in [4.69, 9.17) is 0 Å². The van der Waals surface area contributed by atoms with Gasteiger partial charge in [0.2, 0.25) is 0 Å². The van der Waals surface area contributed by atoms with Crippen LogP contribution >= 0.6 is 12.6 Å². The van der Waals surface area contributed by atoms with E-state index >= 15 is 0 Å². The van der Waals surface area contributed by atoms with Crippen LogP contribution in [-0.4, -0.2) is 4.98 Å². The van der Waals surface area contributed by atoms with Crippen molar-refractivity contribution in [3.63, 3.8) is 0 Å². The lowest BCUT2D eigenvalue weighted by molar-refractivity contribution is 0.931. The molecule has 1 radical (unpaired) electrons. The Hall–Kier alpha value is -0.500. The van der Waals surface area contributed by atoms with Crippen molar-refractivity contribution < 1.29 is 0 Å². The molecule has 0 aliphatic carbocycles. The molecule has 0 amide bonds. The smallest absolute Gasteiger partial charge is 0.0338 e. The van der Waals surface area contributed by atoms with Crippen molar-refractivity contribution in [1.29, 1.82) is 0 Å². The minimum absolute atomic E-state index is 0.226. The summed E-state index contributed by atoms with van der Waals surface area (Å²) in [6.45, 7) is 4.15. The zero-order valence-corrected chi connectivity index (χ0v) is 7.68.